The summed E-state index contributed by atoms with van der Waals surface area (Å²) in [5.74, 6) is 0.246. The highest BCUT2D eigenvalue weighted by Crippen LogP contribution is 2.24. The van der Waals surface area contributed by atoms with Crippen molar-refractivity contribution in [1.82, 2.24) is 4.98 Å². The highest BCUT2D eigenvalue weighted by Gasteiger charge is 2.27. The maximum Gasteiger partial charge on any atom is 0.199 e. The fourth-order valence-electron chi connectivity index (χ4n) is 1.89. The van der Waals surface area contributed by atoms with Gasteiger partial charge in [0.1, 0.15) is 6.07 Å². The van der Waals surface area contributed by atoms with Gasteiger partial charge in [-0.25, -0.2) is 13.4 Å². The molecule has 0 saturated carbocycles. The average molecular weight is 309 g/mol. The molecule has 0 fully saturated rings. The molecule has 4 nitrogen and oxygen atoms in total. The molecule has 2 rings (SSSR count). The molecule has 1 unspecified atom stereocenters. The number of fused-ring (bicyclic) bond motifs is 1. The van der Waals surface area contributed by atoms with Gasteiger partial charge >= 0.3 is 0 Å². The van der Waals surface area contributed by atoms with Crippen LogP contribution in [-0.4, -0.2) is 24.5 Å². The fraction of sp³-hybridized carbons (Fsp3) is 0.286. The number of rotatable bonds is 4. The zero-order chi connectivity index (χ0) is 14.8. The standard InChI is InChI=1S/C14H13ClN2O2S/c1-10(6-7-15)20(18,19)14-12(9-16)8-11-4-2-3-5-13(11)17-14/h2-5,8,10H,6-7H2,1H3. The molecular weight excluding hydrogens is 296 g/mol. The molecule has 1 heterocycles. The van der Waals surface area contributed by atoms with Crippen LogP contribution in [0.3, 0.4) is 0 Å². The third-order valence-electron chi connectivity index (χ3n) is 3.12. The maximum atomic E-state index is 12.5. The van der Waals surface area contributed by atoms with Crippen molar-refractivity contribution in [3.8, 4) is 6.07 Å². The van der Waals surface area contributed by atoms with E-state index in [0.717, 1.165) is 5.39 Å². The molecule has 0 radical (unpaired) electrons. The number of pyridine rings is 1. The molecule has 1 aromatic carbocycles. The Morgan fingerprint density at radius 3 is 2.75 bits per heavy atom. The summed E-state index contributed by atoms with van der Waals surface area (Å²) >= 11 is 5.61. The number of hydrogen-bond donors (Lipinski definition) is 0. The van der Waals surface area contributed by atoms with Crippen LogP contribution in [-0.2, 0) is 9.84 Å². The zero-order valence-electron chi connectivity index (χ0n) is 10.9. The Labute approximate surface area is 122 Å². The smallest absolute Gasteiger partial charge is 0.199 e. The number of para-hydroxylation sites is 1. The van der Waals surface area contributed by atoms with E-state index >= 15 is 0 Å². The lowest BCUT2D eigenvalue weighted by Crippen LogP contribution is -2.21. The number of halogens is 1. The fourth-order valence-corrected chi connectivity index (χ4v) is 3.80. The Hall–Kier alpha value is -1.64. The second kappa shape index (κ2) is 5.78. The third-order valence-corrected chi connectivity index (χ3v) is 5.49. The predicted octanol–water partition coefficient (Wildman–Crippen LogP) is 2.90. The van der Waals surface area contributed by atoms with Crippen molar-refractivity contribution in [2.24, 2.45) is 0 Å². The molecule has 0 N–H and O–H groups in total. The van der Waals surface area contributed by atoms with Gasteiger partial charge in [-0.15, -0.1) is 11.6 Å². The summed E-state index contributed by atoms with van der Waals surface area (Å²) in [6.45, 7) is 1.58. The van der Waals surface area contributed by atoms with Gasteiger partial charge in [0, 0.05) is 11.3 Å². The molecule has 0 saturated heterocycles. The van der Waals surface area contributed by atoms with Crippen LogP contribution >= 0.6 is 11.6 Å². The van der Waals surface area contributed by atoms with E-state index in [1.165, 1.54) is 0 Å². The van der Waals surface area contributed by atoms with Gasteiger partial charge in [0.25, 0.3) is 0 Å². The molecule has 2 aromatic rings. The van der Waals surface area contributed by atoms with Crippen molar-refractivity contribution in [2.75, 3.05) is 5.88 Å². The Bertz CT molecular complexity index is 781. The molecule has 0 bridgehead atoms. The van der Waals surface area contributed by atoms with Gasteiger partial charge in [-0.2, -0.15) is 5.26 Å². The van der Waals surface area contributed by atoms with Gasteiger partial charge < -0.3 is 0 Å². The van der Waals surface area contributed by atoms with Gasteiger partial charge in [0.05, 0.1) is 16.3 Å². The summed E-state index contributed by atoms with van der Waals surface area (Å²) in [7, 11) is -3.65. The quantitative estimate of drug-likeness (QED) is 0.814. The minimum atomic E-state index is -3.65. The normalized spacial score (nSPS) is 13.1. The van der Waals surface area contributed by atoms with E-state index in [2.05, 4.69) is 4.98 Å². The second-order valence-corrected chi connectivity index (χ2v) is 7.14. The number of aromatic nitrogens is 1. The van der Waals surface area contributed by atoms with Gasteiger partial charge in [-0.05, 0) is 25.5 Å². The number of sulfone groups is 1. The molecule has 1 aromatic heterocycles. The van der Waals surface area contributed by atoms with Gasteiger partial charge in [0.2, 0.25) is 0 Å². The van der Waals surface area contributed by atoms with E-state index in [1.54, 1.807) is 31.2 Å². The molecule has 0 aliphatic carbocycles. The van der Waals surface area contributed by atoms with E-state index in [9.17, 15) is 13.7 Å². The molecule has 20 heavy (non-hydrogen) atoms. The van der Waals surface area contributed by atoms with E-state index in [4.69, 9.17) is 11.6 Å². The Morgan fingerprint density at radius 1 is 1.40 bits per heavy atom. The van der Waals surface area contributed by atoms with Crippen LogP contribution in [0.15, 0.2) is 35.4 Å². The van der Waals surface area contributed by atoms with Crippen LogP contribution in [0.2, 0.25) is 0 Å². The van der Waals surface area contributed by atoms with E-state index in [-0.39, 0.29) is 16.5 Å². The van der Waals surface area contributed by atoms with Gasteiger partial charge in [-0.1, -0.05) is 18.2 Å². The monoisotopic (exact) mass is 308 g/mol. The first-order chi connectivity index (χ1) is 9.50. The number of benzene rings is 1. The van der Waals surface area contributed by atoms with Crippen molar-refractivity contribution < 1.29 is 8.42 Å². The minimum absolute atomic E-state index is 0.0742. The van der Waals surface area contributed by atoms with E-state index in [0.29, 0.717) is 11.9 Å². The molecule has 0 amide bonds. The molecule has 6 heteroatoms. The van der Waals surface area contributed by atoms with Gasteiger partial charge in [-0.3, -0.25) is 0 Å². The first-order valence-corrected chi connectivity index (χ1v) is 8.18. The molecule has 0 aliphatic heterocycles. The molecule has 0 spiro atoms. The van der Waals surface area contributed by atoms with Crippen molar-refractivity contribution >= 4 is 32.3 Å². The highest BCUT2D eigenvalue weighted by molar-refractivity contribution is 7.92. The number of nitriles is 1. The van der Waals surface area contributed by atoms with Crippen LogP contribution in [0.5, 0.6) is 0 Å². The Balaban J connectivity index is 2.67. The third kappa shape index (κ3) is 2.62. The summed E-state index contributed by atoms with van der Waals surface area (Å²) in [6.07, 6.45) is 0.323. The maximum absolute atomic E-state index is 12.5. The van der Waals surface area contributed by atoms with Crippen molar-refractivity contribution in [3.05, 3.63) is 35.9 Å². The predicted molar refractivity (Wildman–Crippen MR) is 78.4 cm³/mol. The van der Waals surface area contributed by atoms with Crippen molar-refractivity contribution in [2.45, 2.75) is 23.6 Å². The summed E-state index contributed by atoms with van der Waals surface area (Å²) in [5, 5.41) is 9.09. The number of alkyl halides is 1. The van der Waals surface area contributed by atoms with Crippen LogP contribution in [0.4, 0.5) is 0 Å². The average Bonchev–Trinajstić information content (AvgIpc) is 2.46. The summed E-state index contributed by atoms with van der Waals surface area (Å²) in [5.41, 5.74) is 0.633. The summed E-state index contributed by atoms with van der Waals surface area (Å²) in [6, 6.07) is 10.6. The molecule has 1 atom stereocenters. The van der Waals surface area contributed by atoms with Crippen molar-refractivity contribution in [3.63, 3.8) is 0 Å². The lowest BCUT2D eigenvalue weighted by molar-refractivity contribution is 0.577. The molecule has 0 aliphatic rings. The van der Waals surface area contributed by atoms with E-state index in [1.807, 2.05) is 12.1 Å². The van der Waals surface area contributed by atoms with Crippen LogP contribution in [0, 0.1) is 11.3 Å². The molecular formula is C14H13ClN2O2S. The van der Waals surface area contributed by atoms with Crippen LogP contribution < -0.4 is 0 Å². The first kappa shape index (κ1) is 14.8. The molecule has 104 valence electrons. The van der Waals surface area contributed by atoms with Crippen molar-refractivity contribution in [1.29, 1.82) is 5.26 Å². The topological polar surface area (TPSA) is 70.8 Å². The van der Waals surface area contributed by atoms with E-state index < -0.39 is 15.1 Å². The SMILES string of the molecule is CC(CCCl)S(=O)(=O)c1nc2ccccc2cc1C#N. The number of hydrogen-bond acceptors (Lipinski definition) is 4. The van der Waals surface area contributed by atoms with Crippen LogP contribution in [0.25, 0.3) is 10.9 Å². The van der Waals surface area contributed by atoms with Crippen LogP contribution in [0.1, 0.15) is 18.9 Å². The zero-order valence-corrected chi connectivity index (χ0v) is 12.4. The highest BCUT2D eigenvalue weighted by atomic mass is 35.5. The second-order valence-electron chi connectivity index (χ2n) is 4.48. The lowest BCUT2D eigenvalue weighted by Gasteiger charge is -2.12. The summed E-state index contributed by atoms with van der Waals surface area (Å²) < 4.78 is 24.9. The Kier molecular flexibility index (Phi) is 4.26. The minimum Gasteiger partial charge on any atom is -0.235 e. The summed E-state index contributed by atoms with van der Waals surface area (Å²) in [4.78, 5) is 4.17. The van der Waals surface area contributed by atoms with Gasteiger partial charge in [0.15, 0.2) is 14.9 Å². The Morgan fingerprint density at radius 2 is 2.10 bits per heavy atom. The largest absolute Gasteiger partial charge is 0.235 e. The first-order valence-electron chi connectivity index (χ1n) is 6.10. The lowest BCUT2D eigenvalue weighted by atomic mass is 10.2. The number of nitrogens with zero attached hydrogens (tertiary/aromatic N) is 2.